The molecule has 0 saturated heterocycles. The van der Waals surface area contributed by atoms with E-state index in [-0.39, 0.29) is 11.5 Å². The van der Waals surface area contributed by atoms with Crippen molar-refractivity contribution < 1.29 is 4.79 Å². The minimum atomic E-state index is -0.295. The molecular weight excluding hydrogens is 366 g/mol. The van der Waals surface area contributed by atoms with E-state index in [0.717, 1.165) is 6.42 Å². The molecule has 0 aliphatic rings. The van der Waals surface area contributed by atoms with E-state index in [9.17, 15) is 9.59 Å². The van der Waals surface area contributed by atoms with E-state index in [1.807, 2.05) is 0 Å². The molecule has 3 aromatic rings. The fourth-order valence-electron chi connectivity index (χ4n) is 2.47. The second-order valence-corrected chi connectivity index (χ2v) is 8.02. The molecule has 1 amide bonds. The fourth-order valence-corrected chi connectivity index (χ4v) is 3.95. The molecule has 0 fully saturated rings. The number of thiazole rings is 1. The highest BCUT2D eigenvalue weighted by atomic mass is 35.5. The highest BCUT2D eigenvalue weighted by Crippen LogP contribution is 2.24. The predicted octanol–water partition coefficient (Wildman–Crippen LogP) is 4.00. The number of hydrogen-bond donors (Lipinski definition) is 2. The van der Waals surface area contributed by atoms with Crippen LogP contribution in [0.3, 0.4) is 0 Å². The zero-order valence-corrected chi connectivity index (χ0v) is 15.6. The Morgan fingerprint density at radius 3 is 2.92 bits per heavy atom. The second-order valence-electron chi connectivity index (χ2n) is 5.94. The van der Waals surface area contributed by atoms with Gasteiger partial charge in [0.1, 0.15) is 10.5 Å². The van der Waals surface area contributed by atoms with Gasteiger partial charge in [-0.1, -0.05) is 36.8 Å². The van der Waals surface area contributed by atoms with Crippen molar-refractivity contribution in [3.63, 3.8) is 0 Å². The topological polar surface area (TPSA) is 66.4 Å². The number of nitrogens with zero attached hydrogens (tertiary/aromatic N) is 1. The average molecular weight is 382 g/mol. The number of aromatic amines is 1. The highest BCUT2D eigenvalue weighted by Gasteiger charge is 2.17. The van der Waals surface area contributed by atoms with Crippen molar-refractivity contribution in [1.29, 1.82) is 0 Å². The molecule has 1 aromatic carbocycles. The lowest BCUT2D eigenvalue weighted by Gasteiger charge is -2.07. The van der Waals surface area contributed by atoms with E-state index >= 15 is 0 Å². The van der Waals surface area contributed by atoms with E-state index in [1.165, 1.54) is 11.3 Å². The van der Waals surface area contributed by atoms with Gasteiger partial charge in [-0.3, -0.25) is 14.0 Å². The zero-order valence-electron chi connectivity index (χ0n) is 13.2. The number of carbonyl (C=O) groups is 1. The maximum absolute atomic E-state index is 12.5. The average Bonchev–Trinajstić information content (AvgIpc) is 2.84. The van der Waals surface area contributed by atoms with Crippen LogP contribution in [0.5, 0.6) is 0 Å². The predicted molar refractivity (Wildman–Crippen MR) is 101 cm³/mol. The molecule has 0 unspecified atom stereocenters. The second kappa shape index (κ2) is 6.66. The lowest BCUT2D eigenvalue weighted by Crippen LogP contribution is -2.25. The summed E-state index contributed by atoms with van der Waals surface area (Å²) in [4.78, 5) is 28.0. The van der Waals surface area contributed by atoms with Gasteiger partial charge in [0.25, 0.3) is 11.5 Å². The molecule has 0 saturated carbocycles. The van der Waals surface area contributed by atoms with Gasteiger partial charge in [-0.2, -0.15) is 0 Å². The summed E-state index contributed by atoms with van der Waals surface area (Å²) in [6.07, 6.45) is 0.890. The molecule has 24 heavy (non-hydrogen) atoms. The molecule has 5 nitrogen and oxygen atoms in total. The number of rotatable bonds is 4. The number of halogens is 1. The van der Waals surface area contributed by atoms with E-state index < -0.39 is 0 Å². The number of benzene rings is 1. The number of amides is 1. The van der Waals surface area contributed by atoms with E-state index in [4.69, 9.17) is 23.8 Å². The van der Waals surface area contributed by atoms with Gasteiger partial charge in [-0.05, 0) is 42.8 Å². The molecule has 0 aliphatic carbocycles. The van der Waals surface area contributed by atoms with Crippen LogP contribution in [0.15, 0.2) is 23.0 Å². The van der Waals surface area contributed by atoms with Crippen molar-refractivity contribution >= 4 is 57.6 Å². The van der Waals surface area contributed by atoms with Gasteiger partial charge in [-0.25, -0.2) is 0 Å². The third-order valence-electron chi connectivity index (χ3n) is 3.70. The van der Waals surface area contributed by atoms with Crippen molar-refractivity contribution in [1.82, 2.24) is 14.7 Å². The Morgan fingerprint density at radius 2 is 2.21 bits per heavy atom. The molecule has 8 heteroatoms. The number of aromatic nitrogens is 2. The third kappa shape index (κ3) is 3.11. The van der Waals surface area contributed by atoms with E-state index in [1.54, 1.807) is 22.6 Å². The molecule has 2 heterocycles. The summed E-state index contributed by atoms with van der Waals surface area (Å²) in [6, 6.07) is 5.03. The molecule has 2 N–H and O–H groups in total. The highest BCUT2D eigenvalue weighted by molar-refractivity contribution is 7.73. The maximum Gasteiger partial charge on any atom is 0.265 e. The largest absolute Gasteiger partial charge is 0.351 e. The van der Waals surface area contributed by atoms with Gasteiger partial charge in [-0.15, -0.1) is 0 Å². The number of fused-ring (bicyclic) bond motifs is 3. The van der Waals surface area contributed by atoms with Crippen LogP contribution >= 0.6 is 35.2 Å². The monoisotopic (exact) mass is 381 g/mol. The van der Waals surface area contributed by atoms with Crippen molar-refractivity contribution in [3.05, 3.63) is 42.4 Å². The van der Waals surface area contributed by atoms with Crippen LogP contribution in [0.1, 0.15) is 29.9 Å². The third-order valence-corrected chi connectivity index (χ3v) is 5.31. The van der Waals surface area contributed by atoms with Crippen LogP contribution in [-0.2, 0) is 0 Å². The summed E-state index contributed by atoms with van der Waals surface area (Å²) < 4.78 is 2.22. The van der Waals surface area contributed by atoms with Crippen LogP contribution < -0.4 is 10.9 Å². The number of nitrogens with one attached hydrogen (secondary N) is 2. The van der Waals surface area contributed by atoms with Gasteiger partial charge in [0.05, 0.1) is 10.9 Å². The lowest BCUT2D eigenvalue weighted by molar-refractivity contribution is 0.0957. The van der Waals surface area contributed by atoms with Gasteiger partial charge >= 0.3 is 0 Å². The Labute approximate surface area is 152 Å². The zero-order chi connectivity index (χ0) is 17.4. The Bertz CT molecular complexity index is 1050. The molecule has 0 bridgehead atoms. The first kappa shape index (κ1) is 17.1. The van der Waals surface area contributed by atoms with Crippen LogP contribution in [-0.4, -0.2) is 21.8 Å². The minimum absolute atomic E-state index is 0.224. The first-order valence-electron chi connectivity index (χ1n) is 7.53. The first-order chi connectivity index (χ1) is 11.4. The summed E-state index contributed by atoms with van der Waals surface area (Å²) in [7, 11) is 0. The molecule has 3 rings (SSSR count). The van der Waals surface area contributed by atoms with Gasteiger partial charge in [0.2, 0.25) is 0 Å². The number of hydrogen-bond acceptors (Lipinski definition) is 4. The van der Waals surface area contributed by atoms with Crippen molar-refractivity contribution in [3.8, 4) is 0 Å². The SMILES string of the molecule is CC(C)CCNC(=O)c1sc(=S)n2c1[nH]c(=O)c1cc(Cl)ccc12. The Hall–Kier alpha value is -1.70. The summed E-state index contributed by atoms with van der Waals surface area (Å²) >= 11 is 12.6. The minimum Gasteiger partial charge on any atom is -0.351 e. The van der Waals surface area contributed by atoms with Crippen LogP contribution in [0.25, 0.3) is 16.6 Å². The standard InChI is InChI=1S/C16H16ClN3O2S2/c1-8(2)5-6-18-15(22)12-13-19-14(21)10-7-9(17)3-4-11(10)20(13)16(23)24-12/h3-4,7-8H,5-6H2,1-2H3,(H,18,22)(H,19,21). The summed E-state index contributed by atoms with van der Waals surface area (Å²) in [5.41, 5.74) is 0.768. The van der Waals surface area contributed by atoms with Gasteiger partial charge in [0, 0.05) is 11.6 Å². The summed E-state index contributed by atoms with van der Waals surface area (Å²) in [6.45, 7) is 4.78. The maximum atomic E-state index is 12.5. The molecular formula is C16H16ClN3O2S2. The van der Waals surface area contributed by atoms with E-state index in [0.29, 0.717) is 42.9 Å². The fraction of sp³-hybridized carbons (Fsp3) is 0.312. The molecule has 0 aliphatic heterocycles. The Balaban J connectivity index is 2.13. The normalized spacial score (nSPS) is 11.5. The van der Waals surface area contributed by atoms with Crippen LogP contribution in [0, 0.1) is 9.87 Å². The van der Waals surface area contributed by atoms with Crippen molar-refractivity contribution in [2.75, 3.05) is 6.54 Å². The Kier molecular flexibility index (Phi) is 4.76. The lowest BCUT2D eigenvalue weighted by atomic mass is 10.1. The van der Waals surface area contributed by atoms with Crippen LogP contribution in [0.2, 0.25) is 5.02 Å². The first-order valence-corrected chi connectivity index (χ1v) is 9.14. The quantitative estimate of drug-likeness (QED) is 0.671. The molecule has 0 radical (unpaired) electrons. The Morgan fingerprint density at radius 1 is 1.46 bits per heavy atom. The smallest absolute Gasteiger partial charge is 0.265 e. The van der Waals surface area contributed by atoms with Gasteiger partial charge < -0.3 is 10.3 Å². The number of H-pyrrole nitrogens is 1. The van der Waals surface area contributed by atoms with Crippen molar-refractivity contribution in [2.24, 2.45) is 5.92 Å². The van der Waals surface area contributed by atoms with E-state index in [2.05, 4.69) is 24.1 Å². The number of carbonyl (C=O) groups excluding carboxylic acids is 1. The van der Waals surface area contributed by atoms with Crippen LogP contribution in [0.4, 0.5) is 0 Å². The molecule has 126 valence electrons. The van der Waals surface area contributed by atoms with Gasteiger partial charge in [0.15, 0.2) is 3.95 Å². The summed E-state index contributed by atoms with van der Waals surface area (Å²) in [5, 5.41) is 3.79. The molecule has 0 spiro atoms. The molecule has 0 atom stereocenters. The van der Waals surface area contributed by atoms with Crippen molar-refractivity contribution in [2.45, 2.75) is 20.3 Å². The summed E-state index contributed by atoms with van der Waals surface area (Å²) in [5.74, 6) is 0.279. The molecule has 2 aromatic heterocycles.